The van der Waals surface area contributed by atoms with Crippen molar-refractivity contribution in [3.05, 3.63) is 0 Å². The zero-order valence-corrected chi connectivity index (χ0v) is 15.9. The maximum atomic E-state index is 12.3. The van der Waals surface area contributed by atoms with Gasteiger partial charge in [0.25, 0.3) is 0 Å². The summed E-state index contributed by atoms with van der Waals surface area (Å²) in [5, 5.41) is 0.410. The van der Waals surface area contributed by atoms with Crippen LogP contribution in [-0.4, -0.2) is 41.1 Å². The number of thioether (sulfide) groups is 1. The van der Waals surface area contributed by atoms with Crippen LogP contribution < -0.4 is 0 Å². The lowest BCUT2D eigenvalue weighted by Crippen LogP contribution is -2.59. The van der Waals surface area contributed by atoms with Gasteiger partial charge in [0.2, 0.25) is 5.37 Å². The lowest BCUT2D eigenvalue weighted by atomic mass is 9.92. The van der Waals surface area contributed by atoms with Gasteiger partial charge in [-0.1, -0.05) is 39.5 Å². The minimum atomic E-state index is -1.83. The lowest BCUT2D eigenvalue weighted by molar-refractivity contribution is -0.519. The van der Waals surface area contributed by atoms with Gasteiger partial charge in [-0.25, -0.2) is 4.79 Å². The van der Waals surface area contributed by atoms with Crippen LogP contribution in [0.3, 0.4) is 0 Å². The van der Waals surface area contributed by atoms with Crippen LogP contribution in [0.2, 0.25) is 18.1 Å². The third-order valence-electron chi connectivity index (χ3n) is 4.74. The molecule has 1 amide bonds. The van der Waals surface area contributed by atoms with E-state index in [0.29, 0.717) is 0 Å². The fraction of sp³-hybridized carbons (Fsp3) is 0.857. The Morgan fingerprint density at radius 3 is 2.60 bits per heavy atom. The molecule has 0 aromatic carbocycles. The minimum Gasteiger partial charge on any atom is -0.413 e. The Morgan fingerprint density at radius 2 is 2.10 bits per heavy atom. The van der Waals surface area contributed by atoms with E-state index >= 15 is 0 Å². The van der Waals surface area contributed by atoms with Gasteiger partial charge in [-0.3, -0.25) is 0 Å². The Hall–Kier alpha value is 0.217. The highest BCUT2D eigenvalue weighted by Gasteiger charge is 2.62. The summed E-state index contributed by atoms with van der Waals surface area (Å²) < 4.78 is 8.48. The molecule has 1 unspecified atom stereocenters. The number of hydrogen-bond acceptors (Lipinski definition) is 4. The van der Waals surface area contributed by atoms with Crippen molar-refractivity contribution in [1.82, 2.24) is 0 Å². The van der Waals surface area contributed by atoms with Crippen LogP contribution in [0.4, 0.5) is 0 Å². The molecule has 2 aliphatic heterocycles. The molecule has 1 fully saturated rings. The van der Waals surface area contributed by atoms with E-state index < -0.39 is 8.32 Å². The lowest BCUT2D eigenvalue weighted by Gasteiger charge is -2.42. The van der Waals surface area contributed by atoms with Gasteiger partial charge in [0.1, 0.15) is 4.58 Å². The Morgan fingerprint density at radius 1 is 1.50 bits per heavy atom. The average molecular weight is 333 g/mol. The first-order valence-corrected chi connectivity index (χ1v) is 11.6. The van der Waals surface area contributed by atoms with Gasteiger partial charge in [0.15, 0.2) is 20.4 Å². The molecule has 0 aromatic heterocycles. The van der Waals surface area contributed by atoms with Crippen LogP contribution >= 0.6 is 24.4 Å². The number of hydrogen-bond donors (Lipinski definition) is 1. The van der Waals surface area contributed by atoms with Gasteiger partial charge in [-0.15, -0.1) is 0 Å². The smallest absolute Gasteiger partial charge is 0.401 e. The molecule has 0 bridgehead atoms. The standard InChI is InChI=1S/C14H25NO2S2Si/c1-7-9(17-20(5,6)14(2,3)4)11-12(16)15-8-10(18)19-13(11)15/h8-11,13H,7H2,1-6H3/p+1/t9-,10?,11+,13+/m0/s1. The SMILES string of the molecule is CC[C@H](O[Si](C)(C)C(C)(C)C)[C@@H]1C(=O)[N+]2=CC(S)S[C@H]12. The molecule has 0 N–H and O–H groups in total. The van der Waals surface area contributed by atoms with Gasteiger partial charge in [-0.05, 0) is 24.6 Å². The molecule has 2 rings (SSSR count). The second kappa shape index (κ2) is 5.45. The molecule has 4 atom stereocenters. The van der Waals surface area contributed by atoms with E-state index in [1.54, 1.807) is 11.8 Å². The monoisotopic (exact) mass is 332 g/mol. The van der Waals surface area contributed by atoms with Gasteiger partial charge < -0.3 is 4.43 Å². The molecule has 20 heavy (non-hydrogen) atoms. The van der Waals surface area contributed by atoms with E-state index in [0.717, 1.165) is 6.42 Å². The Kier molecular flexibility index (Phi) is 4.52. The minimum absolute atomic E-state index is 0.00697. The zero-order chi connectivity index (χ0) is 15.3. The first-order valence-electron chi connectivity index (χ1n) is 7.27. The summed E-state index contributed by atoms with van der Waals surface area (Å²) in [4.78, 5) is 12.3. The predicted octanol–water partition coefficient (Wildman–Crippen LogP) is 3.36. The molecule has 0 aliphatic carbocycles. The topological polar surface area (TPSA) is 29.3 Å². The van der Waals surface area contributed by atoms with Crippen LogP contribution in [0, 0.1) is 5.92 Å². The first kappa shape index (κ1) is 16.6. The zero-order valence-electron chi connectivity index (χ0n) is 13.2. The summed E-state index contributed by atoms with van der Waals surface area (Å²) >= 11 is 6.20. The first-order chi connectivity index (χ1) is 9.08. The maximum Gasteiger partial charge on any atom is 0.401 e. The highest BCUT2D eigenvalue weighted by molar-refractivity contribution is 8.11. The molecular weight excluding hydrogens is 306 g/mol. The van der Waals surface area contributed by atoms with Crippen LogP contribution in [0.5, 0.6) is 0 Å². The van der Waals surface area contributed by atoms with Crippen LogP contribution in [-0.2, 0) is 9.22 Å². The van der Waals surface area contributed by atoms with Crippen LogP contribution in [0.15, 0.2) is 0 Å². The molecule has 0 radical (unpaired) electrons. The highest BCUT2D eigenvalue weighted by Crippen LogP contribution is 2.45. The van der Waals surface area contributed by atoms with Crippen LogP contribution in [0.1, 0.15) is 34.1 Å². The van der Waals surface area contributed by atoms with Crippen molar-refractivity contribution in [3.63, 3.8) is 0 Å². The number of nitrogens with zero attached hydrogens (tertiary/aromatic N) is 1. The molecule has 1 saturated heterocycles. The number of thiol groups is 1. The largest absolute Gasteiger partial charge is 0.413 e. The third kappa shape index (κ3) is 2.76. The highest BCUT2D eigenvalue weighted by atomic mass is 32.2. The molecule has 6 heteroatoms. The number of rotatable bonds is 4. The molecule has 114 valence electrons. The molecule has 2 heterocycles. The number of fused-ring (bicyclic) bond motifs is 1. The number of amides is 1. The fourth-order valence-corrected chi connectivity index (χ4v) is 5.64. The quantitative estimate of drug-likeness (QED) is 0.370. The van der Waals surface area contributed by atoms with Crippen molar-refractivity contribution in [1.29, 1.82) is 0 Å². The Bertz CT molecular complexity index is 445. The third-order valence-corrected chi connectivity index (χ3v) is 10.9. The van der Waals surface area contributed by atoms with E-state index in [9.17, 15) is 4.79 Å². The average Bonchev–Trinajstić information content (AvgIpc) is 2.64. The fourth-order valence-electron chi connectivity index (χ4n) is 2.44. The van der Waals surface area contributed by atoms with E-state index in [4.69, 9.17) is 4.43 Å². The van der Waals surface area contributed by atoms with Crippen molar-refractivity contribution in [3.8, 4) is 0 Å². The second-order valence-electron chi connectivity index (χ2n) is 7.16. The second-order valence-corrected chi connectivity index (χ2v) is 14.1. The molecular formula is C14H26NO2S2Si+. The van der Waals surface area contributed by atoms with Crippen molar-refractivity contribution in [2.24, 2.45) is 5.92 Å². The van der Waals surface area contributed by atoms with E-state index in [1.807, 2.05) is 10.8 Å². The van der Waals surface area contributed by atoms with Gasteiger partial charge in [0.05, 0.1) is 6.10 Å². The summed E-state index contributed by atoms with van der Waals surface area (Å²) in [7, 11) is -1.83. The Balaban J connectivity index is 2.12. The maximum absolute atomic E-state index is 12.3. The summed E-state index contributed by atoms with van der Waals surface area (Å²) in [6, 6.07) is 0. The van der Waals surface area contributed by atoms with Crippen molar-refractivity contribution >= 4 is 44.8 Å². The van der Waals surface area contributed by atoms with Crippen molar-refractivity contribution < 1.29 is 13.8 Å². The molecule has 0 aromatic rings. The molecule has 0 saturated carbocycles. The normalized spacial score (nSPS) is 31.6. The summed E-state index contributed by atoms with van der Waals surface area (Å²) in [6.07, 6.45) is 2.87. The van der Waals surface area contributed by atoms with Gasteiger partial charge in [0, 0.05) is 0 Å². The number of carbonyl (C=O) groups excluding carboxylic acids is 1. The van der Waals surface area contributed by atoms with E-state index in [2.05, 4.69) is 53.4 Å². The molecule has 2 aliphatic rings. The van der Waals surface area contributed by atoms with E-state index in [-0.39, 0.29) is 32.9 Å². The summed E-state index contributed by atoms with van der Waals surface area (Å²) in [5.74, 6) is 0.220. The van der Waals surface area contributed by atoms with E-state index in [1.165, 1.54) is 0 Å². The summed E-state index contributed by atoms with van der Waals surface area (Å²) in [6.45, 7) is 13.3. The molecule has 3 nitrogen and oxygen atoms in total. The predicted molar refractivity (Wildman–Crippen MR) is 91.3 cm³/mol. The summed E-state index contributed by atoms with van der Waals surface area (Å²) in [5.41, 5.74) is 0. The van der Waals surface area contributed by atoms with Crippen molar-refractivity contribution in [2.45, 2.75) is 68.3 Å². The Labute approximate surface area is 133 Å². The number of β-lactam (4-membered cyclic amide) rings is 1. The number of carbonyl (C=O) groups is 1. The van der Waals surface area contributed by atoms with Crippen molar-refractivity contribution in [2.75, 3.05) is 0 Å². The van der Waals surface area contributed by atoms with Gasteiger partial charge >= 0.3 is 5.91 Å². The van der Waals surface area contributed by atoms with Gasteiger partial charge in [-0.2, -0.15) is 17.2 Å². The van der Waals surface area contributed by atoms with Crippen LogP contribution in [0.25, 0.3) is 0 Å². The molecule has 0 spiro atoms.